The first-order valence-corrected chi connectivity index (χ1v) is 4.74. The Bertz CT molecular complexity index is 301. The maximum absolute atomic E-state index is 10.8. The van der Waals surface area contributed by atoms with Gasteiger partial charge in [-0.3, -0.25) is 4.79 Å². The summed E-state index contributed by atoms with van der Waals surface area (Å²) in [6.07, 6.45) is 0. The van der Waals surface area contributed by atoms with Crippen molar-refractivity contribution in [3.63, 3.8) is 0 Å². The lowest BCUT2D eigenvalue weighted by Gasteiger charge is -2.01. The summed E-state index contributed by atoms with van der Waals surface area (Å²) in [6, 6.07) is 7.17. The van der Waals surface area contributed by atoms with Crippen molar-refractivity contribution in [3.05, 3.63) is 29.8 Å². The number of primary amides is 1. The van der Waals surface area contributed by atoms with Gasteiger partial charge in [-0.2, -0.15) is 0 Å². The predicted octanol–water partition coefficient (Wildman–Crippen LogP) is 1.48. The smallest absolute Gasteiger partial charge is 0.248 e. The molecule has 1 aromatic rings. The molecule has 0 spiro atoms. The Kier molecular flexibility index (Phi) is 3.79. The van der Waals surface area contributed by atoms with E-state index in [1.54, 1.807) is 25.3 Å². The molecule has 0 aliphatic heterocycles. The molecule has 0 fully saturated rings. The molecule has 3 nitrogen and oxygen atoms in total. The molecule has 0 radical (unpaired) electrons. The first-order valence-electron chi connectivity index (χ1n) is 3.75. The number of nitrogens with two attached hydrogens (primary N) is 1. The molecule has 2 N–H and O–H groups in total. The number of ether oxygens (including phenoxy) is 1. The molecule has 13 heavy (non-hydrogen) atoms. The van der Waals surface area contributed by atoms with Crippen LogP contribution < -0.4 is 5.73 Å². The highest BCUT2D eigenvalue weighted by Gasteiger charge is 2.00. The number of amides is 1. The van der Waals surface area contributed by atoms with Crippen molar-refractivity contribution >= 4 is 17.7 Å². The van der Waals surface area contributed by atoms with Crippen molar-refractivity contribution in [3.8, 4) is 0 Å². The van der Waals surface area contributed by atoms with Crippen LogP contribution in [0.15, 0.2) is 29.2 Å². The minimum absolute atomic E-state index is 0.403. The van der Waals surface area contributed by atoms with Gasteiger partial charge in [-0.15, -0.1) is 0 Å². The molecular formula is C9H11NO2S. The largest absolute Gasteiger partial charge is 0.374 e. The van der Waals surface area contributed by atoms with Crippen LogP contribution in [0, 0.1) is 0 Å². The topological polar surface area (TPSA) is 52.3 Å². The minimum atomic E-state index is -0.403. The molecular weight excluding hydrogens is 186 g/mol. The normalized spacial score (nSPS) is 9.92. The Morgan fingerprint density at radius 1 is 1.62 bits per heavy atom. The summed E-state index contributed by atoms with van der Waals surface area (Å²) in [5.41, 5.74) is 5.66. The van der Waals surface area contributed by atoms with E-state index in [0.29, 0.717) is 11.5 Å². The predicted molar refractivity (Wildman–Crippen MR) is 52.7 cm³/mol. The second kappa shape index (κ2) is 4.89. The van der Waals surface area contributed by atoms with E-state index in [4.69, 9.17) is 10.5 Å². The van der Waals surface area contributed by atoms with Gasteiger partial charge in [-0.1, -0.05) is 17.8 Å². The highest BCUT2D eigenvalue weighted by atomic mass is 32.2. The molecule has 0 saturated carbocycles. The zero-order chi connectivity index (χ0) is 9.68. The number of hydrogen-bond acceptors (Lipinski definition) is 3. The quantitative estimate of drug-likeness (QED) is 0.587. The van der Waals surface area contributed by atoms with Gasteiger partial charge >= 0.3 is 0 Å². The van der Waals surface area contributed by atoms with Crippen LogP contribution in [0.4, 0.5) is 0 Å². The lowest BCUT2D eigenvalue weighted by atomic mass is 10.2. The molecule has 0 unspecified atom stereocenters. The zero-order valence-corrected chi connectivity index (χ0v) is 8.14. The van der Waals surface area contributed by atoms with Crippen LogP contribution in [0.3, 0.4) is 0 Å². The van der Waals surface area contributed by atoms with E-state index in [-0.39, 0.29) is 0 Å². The fraction of sp³-hybridized carbons (Fsp3) is 0.222. The molecule has 0 aliphatic carbocycles. The number of carbonyl (C=O) groups excluding carboxylic acids is 1. The van der Waals surface area contributed by atoms with Crippen molar-refractivity contribution in [1.82, 2.24) is 0 Å². The highest BCUT2D eigenvalue weighted by Crippen LogP contribution is 2.18. The Balaban J connectivity index is 2.73. The van der Waals surface area contributed by atoms with E-state index in [1.165, 1.54) is 11.8 Å². The molecule has 0 atom stereocenters. The summed E-state index contributed by atoms with van der Waals surface area (Å²) in [6.45, 7) is 0. The van der Waals surface area contributed by atoms with E-state index < -0.39 is 5.91 Å². The van der Waals surface area contributed by atoms with Gasteiger partial charge in [0.2, 0.25) is 5.91 Å². The number of carbonyl (C=O) groups is 1. The maximum Gasteiger partial charge on any atom is 0.248 e. The third kappa shape index (κ3) is 3.08. The fourth-order valence-electron chi connectivity index (χ4n) is 0.866. The second-order valence-electron chi connectivity index (χ2n) is 2.44. The summed E-state index contributed by atoms with van der Waals surface area (Å²) < 4.78 is 4.89. The van der Waals surface area contributed by atoms with E-state index in [1.807, 2.05) is 6.07 Å². The summed E-state index contributed by atoms with van der Waals surface area (Å²) in [5, 5.41) is 0. The van der Waals surface area contributed by atoms with Crippen molar-refractivity contribution in [2.24, 2.45) is 5.73 Å². The average Bonchev–Trinajstić information content (AvgIpc) is 2.15. The SMILES string of the molecule is COCSc1cccc(C(N)=O)c1. The molecule has 1 aromatic carbocycles. The van der Waals surface area contributed by atoms with Gasteiger partial charge in [0, 0.05) is 17.6 Å². The standard InChI is InChI=1S/C9H11NO2S/c1-12-6-13-8-4-2-3-7(5-8)9(10)11/h2-5H,6H2,1H3,(H2,10,11). The summed E-state index contributed by atoms with van der Waals surface area (Å²) in [7, 11) is 1.63. The zero-order valence-electron chi connectivity index (χ0n) is 7.32. The summed E-state index contributed by atoms with van der Waals surface area (Å²) >= 11 is 1.52. The molecule has 1 amide bonds. The molecule has 0 aliphatic rings. The monoisotopic (exact) mass is 197 g/mol. The fourth-order valence-corrected chi connectivity index (χ4v) is 1.51. The van der Waals surface area contributed by atoms with E-state index in [0.717, 1.165) is 4.90 Å². The van der Waals surface area contributed by atoms with Crippen LogP contribution in [0.1, 0.15) is 10.4 Å². The third-order valence-corrected chi connectivity index (χ3v) is 2.40. The first kappa shape index (κ1) is 10.1. The van der Waals surface area contributed by atoms with Gasteiger partial charge in [0.15, 0.2) is 0 Å². The lowest BCUT2D eigenvalue weighted by molar-refractivity contribution is 0.1000. The molecule has 0 heterocycles. The summed E-state index contributed by atoms with van der Waals surface area (Å²) in [5.74, 6) is 0.169. The van der Waals surface area contributed by atoms with Gasteiger partial charge in [-0.25, -0.2) is 0 Å². The van der Waals surface area contributed by atoms with E-state index >= 15 is 0 Å². The van der Waals surface area contributed by atoms with Crippen LogP contribution in [-0.2, 0) is 4.74 Å². The molecule has 1 rings (SSSR count). The maximum atomic E-state index is 10.8. The summed E-state index contributed by atoms with van der Waals surface area (Å²) in [4.78, 5) is 11.8. The van der Waals surface area contributed by atoms with Crippen LogP contribution in [-0.4, -0.2) is 19.0 Å². The Morgan fingerprint density at radius 2 is 2.38 bits per heavy atom. The minimum Gasteiger partial charge on any atom is -0.374 e. The van der Waals surface area contributed by atoms with E-state index in [9.17, 15) is 4.79 Å². The van der Waals surface area contributed by atoms with Gasteiger partial charge in [0.1, 0.15) is 0 Å². The Hall–Kier alpha value is -1.00. The number of thioether (sulfide) groups is 1. The average molecular weight is 197 g/mol. The first-order chi connectivity index (χ1) is 6.24. The van der Waals surface area contributed by atoms with Crippen molar-refractivity contribution in [2.75, 3.05) is 13.0 Å². The van der Waals surface area contributed by atoms with Gasteiger partial charge < -0.3 is 10.5 Å². The molecule has 0 bridgehead atoms. The van der Waals surface area contributed by atoms with E-state index in [2.05, 4.69) is 0 Å². The third-order valence-electron chi connectivity index (χ3n) is 1.46. The molecule has 70 valence electrons. The number of benzene rings is 1. The van der Waals surface area contributed by atoms with Crippen LogP contribution in [0.5, 0.6) is 0 Å². The molecule has 0 saturated heterocycles. The van der Waals surface area contributed by atoms with Crippen LogP contribution in [0.25, 0.3) is 0 Å². The molecule has 4 heteroatoms. The van der Waals surface area contributed by atoms with Crippen molar-refractivity contribution in [1.29, 1.82) is 0 Å². The number of hydrogen-bond donors (Lipinski definition) is 1. The Labute approximate surface area is 81.3 Å². The number of methoxy groups -OCH3 is 1. The van der Waals surface area contributed by atoms with Gasteiger partial charge in [0.25, 0.3) is 0 Å². The highest BCUT2D eigenvalue weighted by molar-refractivity contribution is 7.99. The molecule has 0 aromatic heterocycles. The lowest BCUT2D eigenvalue weighted by Crippen LogP contribution is -2.10. The van der Waals surface area contributed by atoms with Crippen molar-refractivity contribution in [2.45, 2.75) is 4.90 Å². The second-order valence-corrected chi connectivity index (χ2v) is 3.44. The van der Waals surface area contributed by atoms with Crippen molar-refractivity contribution < 1.29 is 9.53 Å². The number of rotatable bonds is 4. The van der Waals surface area contributed by atoms with Crippen LogP contribution in [0.2, 0.25) is 0 Å². The Morgan fingerprint density at radius 3 is 3.00 bits per heavy atom. The van der Waals surface area contributed by atoms with Gasteiger partial charge in [-0.05, 0) is 18.2 Å². The van der Waals surface area contributed by atoms with Gasteiger partial charge in [0.05, 0.1) is 5.94 Å². The van der Waals surface area contributed by atoms with Crippen LogP contribution >= 0.6 is 11.8 Å².